The van der Waals surface area contributed by atoms with Crippen molar-refractivity contribution in [2.24, 2.45) is 0 Å². The van der Waals surface area contributed by atoms with Gasteiger partial charge in [-0.05, 0) is 48.2 Å². The largest absolute Gasteiger partial charge is 0.416 e. The van der Waals surface area contributed by atoms with Gasteiger partial charge >= 0.3 is 12.3 Å². The molecule has 4 rings (SSSR count). The van der Waals surface area contributed by atoms with E-state index in [4.69, 9.17) is 4.74 Å². The number of aliphatic hydroxyl groups excluding tert-OH is 1. The summed E-state index contributed by atoms with van der Waals surface area (Å²) in [5.41, 5.74) is 0.369. The third-order valence-corrected chi connectivity index (χ3v) is 9.73. The minimum atomic E-state index is -4.48. The lowest BCUT2D eigenvalue weighted by Gasteiger charge is -2.40. The van der Waals surface area contributed by atoms with Crippen LogP contribution in [0.2, 0.25) is 0 Å². The molecule has 9 nitrogen and oxygen atoms in total. The Kier molecular flexibility index (Phi) is 11.0. The summed E-state index contributed by atoms with van der Waals surface area (Å²) in [5.74, 6) is -0.831. The van der Waals surface area contributed by atoms with E-state index in [1.165, 1.54) is 62.6 Å². The van der Waals surface area contributed by atoms with Crippen LogP contribution < -0.4 is 10.2 Å². The number of benzene rings is 2. The average molecular weight is 671 g/mol. The van der Waals surface area contributed by atoms with Gasteiger partial charge in [-0.1, -0.05) is 38.1 Å². The van der Waals surface area contributed by atoms with Crippen LogP contribution in [0.3, 0.4) is 0 Å². The van der Waals surface area contributed by atoms with Gasteiger partial charge in [0.05, 0.1) is 47.1 Å². The molecular formula is C31H35F5N4O5S. The molecule has 0 unspecified atom stereocenters. The van der Waals surface area contributed by atoms with Crippen molar-refractivity contribution in [3.05, 3.63) is 83.2 Å². The Hall–Kier alpha value is -3.69. The number of carbonyl (C=O) groups is 1. The molecule has 250 valence electrons. The molecule has 3 atom stereocenters. The van der Waals surface area contributed by atoms with Crippen molar-refractivity contribution >= 4 is 21.7 Å². The van der Waals surface area contributed by atoms with Crippen LogP contribution in [0, 0.1) is 0 Å². The number of rotatable bonds is 12. The number of hydrogen-bond acceptors (Lipinski definition) is 8. The minimum absolute atomic E-state index is 0.0361. The van der Waals surface area contributed by atoms with Crippen LogP contribution in [0.25, 0.3) is 0 Å². The van der Waals surface area contributed by atoms with Gasteiger partial charge in [-0.15, -0.1) is 0 Å². The Morgan fingerprint density at radius 3 is 2.20 bits per heavy atom. The second kappa shape index (κ2) is 14.4. The SMILES string of the molecule is CCC(F)(F)OC[C@H]1CC[C@H](c2ccc(C(F)(F)F)cc2)CN1c1ncc(C(=O)N[C@@H](CO)c2ccc(S(=O)(=O)CC)cc2)cn1. The van der Waals surface area contributed by atoms with E-state index in [0.717, 1.165) is 12.1 Å². The van der Waals surface area contributed by atoms with Crippen molar-refractivity contribution < 1.29 is 45.0 Å². The Morgan fingerprint density at radius 2 is 1.65 bits per heavy atom. The van der Waals surface area contributed by atoms with Crippen LogP contribution in [0.1, 0.15) is 72.1 Å². The maximum atomic E-state index is 13.9. The van der Waals surface area contributed by atoms with Crippen molar-refractivity contribution in [3.63, 3.8) is 0 Å². The molecule has 1 aromatic heterocycles. The standard InChI is InChI=1S/C31H35F5N4O5S/c1-3-30(32,33)45-19-25-12-7-22(20-5-10-24(11-6-20)31(34,35)36)17-40(25)29-37-15-23(16-38-29)28(42)39-27(18-41)21-8-13-26(14-9-21)46(43,44)4-2/h5-6,8-11,13-16,22,25,27,41H,3-4,7,12,17-19H2,1-2H3,(H,39,42)/t22-,25+,27-/m0/s1. The van der Waals surface area contributed by atoms with Gasteiger partial charge in [0, 0.05) is 31.3 Å². The zero-order valence-electron chi connectivity index (χ0n) is 25.2. The number of amides is 1. The third kappa shape index (κ3) is 8.56. The molecule has 15 heteroatoms. The van der Waals surface area contributed by atoms with Crippen LogP contribution in [-0.2, 0) is 20.8 Å². The van der Waals surface area contributed by atoms with Crippen molar-refractivity contribution in [2.45, 2.75) is 68.3 Å². The van der Waals surface area contributed by atoms with E-state index in [0.29, 0.717) is 24.0 Å². The smallest absolute Gasteiger partial charge is 0.394 e. The molecule has 0 aliphatic carbocycles. The number of alkyl halides is 5. The number of ether oxygens (including phenoxy) is 1. The number of carbonyl (C=O) groups excluding carboxylic acids is 1. The summed E-state index contributed by atoms with van der Waals surface area (Å²) in [7, 11) is -3.43. The molecule has 1 aliphatic rings. The number of nitrogens with zero attached hydrogens (tertiary/aromatic N) is 3. The highest BCUT2D eigenvalue weighted by Gasteiger charge is 2.36. The summed E-state index contributed by atoms with van der Waals surface area (Å²) in [4.78, 5) is 23.4. The second-order valence-corrected chi connectivity index (χ2v) is 13.2. The predicted molar refractivity (Wildman–Crippen MR) is 159 cm³/mol. The quantitative estimate of drug-likeness (QED) is 0.242. The zero-order chi connectivity index (χ0) is 33.7. The number of piperidine rings is 1. The Labute approximate surface area is 263 Å². The van der Waals surface area contributed by atoms with Gasteiger partial charge in [-0.25, -0.2) is 18.4 Å². The summed E-state index contributed by atoms with van der Waals surface area (Å²) < 4.78 is 96.2. The van der Waals surface area contributed by atoms with E-state index in [1.54, 1.807) is 4.90 Å². The van der Waals surface area contributed by atoms with Gasteiger partial charge in [0.2, 0.25) is 5.95 Å². The summed E-state index contributed by atoms with van der Waals surface area (Å²) >= 11 is 0. The van der Waals surface area contributed by atoms with Gasteiger partial charge < -0.3 is 20.1 Å². The van der Waals surface area contributed by atoms with Crippen molar-refractivity contribution in [1.29, 1.82) is 0 Å². The summed E-state index contributed by atoms with van der Waals surface area (Å²) in [5, 5.41) is 12.6. The average Bonchev–Trinajstić information content (AvgIpc) is 3.06. The summed E-state index contributed by atoms with van der Waals surface area (Å²) in [6, 6.07) is 9.16. The van der Waals surface area contributed by atoms with E-state index < -0.39 is 58.7 Å². The molecule has 1 aliphatic heterocycles. The molecule has 3 aromatic rings. The van der Waals surface area contributed by atoms with Crippen molar-refractivity contribution in [3.8, 4) is 0 Å². The highest BCUT2D eigenvalue weighted by molar-refractivity contribution is 7.91. The second-order valence-electron chi connectivity index (χ2n) is 11.0. The Morgan fingerprint density at radius 1 is 1.02 bits per heavy atom. The maximum Gasteiger partial charge on any atom is 0.416 e. The molecule has 46 heavy (non-hydrogen) atoms. The van der Waals surface area contributed by atoms with Crippen LogP contribution in [-0.4, -0.2) is 67.1 Å². The van der Waals surface area contributed by atoms with Crippen LogP contribution >= 0.6 is 0 Å². The van der Waals surface area contributed by atoms with Crippen LogP contribution in [0.4, 0.5) is 27.9 Å². The summed E-state index contributed by atoms with van der Waals surface area (Å²) in [6.45, 7) is 2.20. The first-order valence-electron chi connectivity index (χ1n) is 14.7. The molecular weight excluding hydrogens is 635 g/mol. The maximum absolute atomic E-state index is 13.9. The first kappa shape index (κ1) is 35.2. The highest BCUT2D eigenvalue weighted by Crippen LogP contribution is 2.35. The molecule has 0 bridgehead atoms. The van der Waals surface area contributed by atoms with E-state index in [1.807, 2.05) is 0 Å². The Balaban J connectivity index is 1.51. The number of aliphatic hydroxyl groups is 1. The number of anilines is 1. The first-order valence-corrected chi connectivity index (χ1v) is 16.3. The first-order chi connectivity index (χ1) is 21.7. The Bertz CT molecular complexity index is 1570. The van der Waals surface area contributed by atoms with Crippen molar-refractivity contribution in [2.75, 3.05) is 30.4 Å². The fourth-order valence-corrected chi connectivity index (χ4v) is 6.00. The van der Waals surface area contributed by atoms with E-state index in [2.05, 4.69) is 15.3 Å². The molecule has 2 aromatic carbocycles. The van der Waals surface area contributed by atoms with Gasteiger partial charge in [-0.2, -0.15) is 22.0 Å². The molecule has 0 saturated carbocycles. The number of aromatic nitrogens is 2. The van der Waals surface area contributed by atoms with Gasteiger partial charge in [0.15, 0.2) is 9.84 Å². The predicted octanol–water partition coefficient (Wildman–Crippen LogP) is 5.52. The number of halogens is 5. The monoisotopic (exact) mass is 670 g/mol. The fraction of sp³-hybridized carbons (Fsp3) is 0.452. The summed E-state index contributed by atoms with van der Waals surface area (Å²) in [6.07, 6.45) is -4.99. The molecule has 2 N–H and O–H groups in total. The lowest BCUT2D eigenvalue weighted by Crippen LogP contribution is -2.47. The molecule has 2 heterocycles. The van der Waals surface area contributed by atoms with Crippen LogP contribution in [0.5, 0.6) is 0 Å². The van der Waals surface area contributed by atoms with Gasteiger partial charge in [0.25, 0.3) is 5.91 Å². The van der Waals surface area contributed by atoms with Crippen LogP contribution in [0.15, 0.2) is 65.8 Å². The van der Waals surface area contributed by atoms with Crippen molar-refractivity contribution in [1.82, 2.24) is 15.3 Å². The highest BCUT2D eigenvalue weighted by atomic mass is 32.2. The molecule has 1 saturated heterocycles. The van der Waals surface area contributed by atoms with E-state index >= 15 is 0 Å². The third-order valence-electron chi connectivity index (χ3n) is 7.98. The lowest BCUT2D eigenvalue weighted by atomic mass is 9.87. The molecule has 0 spiro atoms. The molecule has 1 amide bonds. The zero-order valence-corrected chi connectivity index (χ0v) is 26.0. The lowest BCUT2D eigenvalue weighted by molar-refractivity contribution is -0.242. The number of nitrogens with one attached hydrogen (secondary N) is 1. The van der Waals surface area contributed by atoms with Gasteiger partial charge in [-0.3, -0.25) is 4.79 Å². The molecule has 0 radical (unpaired) electrons. The number of hydrogen-bond donors (Lipinski definition) is 2. The van der Waals surface area contributed by atoms with Gasteiger partial charge in [0.1, 0.15) is 0 Å². The topological polar surface area (TPSA) is 122 Å². The minimum Gasteiger partial charge on any atom is -0.394 e. The molecule has 1 fully saturated rings. The number of sulfone groups is 1. The van der Waals surface area contributed by atoms with E-state index in [9.17, 15) is 40.3 Å². The van der Waals surface area contributed by atoms with E-state index in [-0.39, 0.29) is 41.2 Å². The fourth-order valence-electron chi connectivity index (χ4n) is 5.12. The normalized spacial score (nSPS) is 18.3.